The molecule has 0 N–H and O–H groups in total. The molecule has 0 aromatic carbocycles. The monoisotopic (exact) mass is 154 g/mol. The summed E-state index contributed by atoms with van der Waals surface area (Å²) in [6.07, 6.45) is 4.33. The van der Waals surface area contributed by atoms with Crippen molar-refractivity contribution >= 4 is 12.6 Å². The average Bonchev–Trinajstić information content (AvgIpc) is 2.44. The van der Waals surface area contributed by atoms with Gasteiger partial charge in [0.05, 0.1) is 0 Å². The lowest BCUT2D eigenvalue weighted by Crippen LogP contribution is -1.96. The van der Waals surface area contributed by atoms with Gasteiger partial charge in [0.25, 0.3) is 0 Å². The molecule has 0 aliphatic carbocycles. The van der Waals surface area contributed by atoms with Crippen molar-refractivity contribution in [2.24, 2.45) is 0 Å². The summed E-state index contributed by atoms with van der Waals surface area (Å²) < 4.78 is 2.27. The van der Waals surface area contributed by atoms with Crippen molar-refractivity contribution in [2.45, 2.75) is 25.1 Å². The van der Waals surface area contributed by atoms with Gasteiger partial charge in [0.1, 0.15) is 5.82 Å². The van der Waals surface area contributed by atoms with Crippen LogP contribution in [0.1, 0.15) is 17.9 Å². The van der Waals surface area contributed by atoms with Crippen LogP contribution in [0.5, 0.6) is 0 Å². The van der Waals surface area contributed by atoms with Gasteiger partial charge < -0.3 is 4.57 Å². The summed E-state index contributed by atoms with van der Waals surface area (Å²) >= 11 is 4.21. The minimum absolute atomic E-state index is 0.812. The molecule has 1 aromatic rings. The SMILES string of the molecule is SCc1cnc2n1CCC2. The second-order valence-corrected chi connectivity index (χ2v) is 2.90. The summed E-state index contributed by atoms with van der Waals surface area (Å²) in [6, 6.07) is 0. The van der Waals surface area contributed by atoms with E-state index in [-0.39, 0.29) is 0 Å². The second-order valence-electron chi connectivity index (χ2n) is 2.58. The number of thiol groups is 1. The lowest BCUT2D eigenvalue weighted by Gasteiger charge is -1.98. The number of hydrogen-bond donors (Lipinski definition) is 1. The molecule has 2 nitrogen and oxygen atoms in total. The van der Waals surface area contributed by atoms with E-state index >= 15 is 0 Å². The standard InChI is InChI=1S/C7H10N2S/c10-5-6-4-8-7-2-1-3-9(6)7/h4,10H,1-3,5H2. The predicted molar refractivity (Wildman–Crippen MR) is 43.2 cm³/mol. The highest BCUT2D eigenvalue weighted by Crippen LogP contribution is 2.16. The molecular formula is C7H10N2S. The summed E-state index contributed by atoms with van der Waals surface area (Å²) in [6.45, 7) is 1.14. The van der Waals surface area contributed by atoms with Crippen LogP contribution in [0.4, 0.5) is 0 Å². The summed E-state index contributed by atoms with van der Waals surface area (Å²) in [5.74, 6) is 2.05. The Labute approximate surface area is 65.7 Å². The number of fused-ring (bicyclic) bond motifs is 1. The van der Waals surface area contributed by atoms with Crippen LogP contribution in [0.25, 0.3) is 0 Å². The maximum atomic E-state index is 4.28. The lowest BCUT2D eigenvalue weighted by molar-refractivity contribution is 0.726. The van der Waals surface area contributed by atoms with Gasteiger partial charge in [-0.1, -0.05) is 0 Å². The summed E-state index contributed by atoms with van der Waals surface area (Å²) in [7, 11) is 0. The van der Waals surface area contributed by atoms with Crippen molar-refractivity contribution in [1.82, 2.24) is 9.55 Å². The Balaban J connectivity index is 2.44. The number of aromatic nitrogens is 2. The fraction of sp³-hybridized carbons (Fsp3) is 0.571. The Hall–Kier alpha value is -0.440. The predicted octanol–water partition coefficient (Wildman–Crippen LogP) is 1.26. The van der Waals surface area contributed by atoms with Crippen LogP contribution in [0.2, 0.25) is 0 Å². The molecule has 1 aliphatic heterocycles. The third-order valence-electron chi connectivity index (χ3n) is 1.96. The van der Waals surface area contributed by atoms with Crippen LogP contribution < -0.4 is 0 Å². The van der Waals surface area contributed by atoms with E-state index in [0.29, 0.717) is 0 Å². The molecular weight excluding hydrogens is 144 g/mol. The van der Waals surface area contributed by atoms with E-state index in [2.05, 4.69) is 22.2 Å². The van der Waals surface area contributed by atoms with Crippen molar-refractivity contribution in [3.05, 3.63) is 17.7 Å². The Kier molecular flexibility index (Phi) is 1.45. The molecule has 54 valence electrons. The normalized spacial score (nSPS) is 15.7. The van der Waals surface area contributed by atoms with Crippen molar-refractivity contribution < 1.29 is 0 Å². The molecule has 0 atom stereocenters. The van der Waals surface area contributed by atoms with E-state index in [1.54, 1.807) is 0 Å². The molecule has 0 radical (unpaired) electrons. The van der Waals surface area contributed by atoms with Crippen molar-refractivity contribution in [2.75, 3.05) is 0 Å². The first-order valence-corrected chi connectivity index (χ1v) is 4.19. The number of imidazole rings is 1. The first-order chi connectivity index (χ1) is 4.92. The van der Waals surface area contributed by atoms with Gasteiger partial charge in [-0.2, -0.15) is 12.6 Å². The van der Waals surface area contributed by atoms with Crippen LogP contribution in [0.3, 0.4) is 0 Å². The van der Waals surface area contributed by atoms with Crippen LogP contribution in [0, 0.1) is 0 Å². The zero-order valence-corrected chi connectivity index (χ0v) is 6.64. The van der Waals surface area contributed by atoms with Gasteiger partial charge >= 0.3 is 0 Å². The zero-order valence-electron chi connectivity index (χ0n) is 5.75. The summed E-state index contributed by atoms with van der Waals surface area (Å²) in [4.78, 5) is 4.28. The third-order valence-corrected chi connectivity index (χ3v) is 2.29. The topological polar surface area (TPSA) is 17.8 Å². The van der Waals surface area contributed by atoms with E-state index in [1.807, 2.05) is 6.20 Å². The van der Waals surface area contributed by atoms with E-state index in [4.69, 9.17) is 0 Å². The molecule has 1 aliphatic rings. The highest BCUT2D eigenvalue weighted by atomic mass is 32.1. The first-order valence-electron chi connectivity index (χ1n) is 3.56. The molecule has 0 amide bonds. The molecule has 10 heavy (non-hydrogen) atoms. The number of hydrogen-bond acceptors (Lipinski definition) is 2. The lowest BCUT2D eigenvalue weighted by atomic mass is 10.4. The average molecular weight is 154 g/mol. The van der Waals surface area contributed by atoms with Gasteiger partial charge in [-0.25, -0.2) is 4.98 Å². The molecule has 0 unspecified atom stereocenters. The van der Waals surface area contributed by atoms with Crippen LogP contribution in [0.15, 0.2) is 6.20 Å². The fourth-order valence-electron chi connectivity index (χ4n) is 1.45. The highest BCUT2D eigenvalue weighted by molar-refractivity contribution is 7.79. The van der Waals surface area contributed by atoms with E-state index in [0.717, 1.165) is 18.7 Å². The zero-order chi connectivity index (χ0) is 6.97. The number of rotatable bonds is 1. The van der Waals surface area contributed by atoms with E-state index in [1.165, 1.54) is 17.9 Å². The fourth-order valence-corrected chi connectivity index (χ4v) is 1.70. The quantitative estimate of drug-likeness (QED) is 0.603. The molecule has 3 heteroatoms. The van der Waals surface area contributed by atoms with Crippen LogP contribution in [-0.2, 0) is 18.7 Å². The number of nitrogens with zero attached hydrogens (tertiary/aromatic N) is 2. The van der Waals surface area contributed by atoms with Gasteiger partial charge in [-0.3, -0.25) is 0 Å². The molecule has 0 saturated carbocycles. The molecule has 2 rings (SSSR count). The summed E-state index contributed by atoms with van der Waals surface area (Å²) in [5.41, 5.74) is 1.26. The highest BCUT2D eigenvalue weighted by Gasteiger charge is 2.13. The molecule has 0 fully saturated rings. The van der Waals surface area contributed by atoms with Gasteiger partial charge in [0, 0.05) is 30.6 Å². The molecule has 0 bridgehead atoms. The number of aryl methyl sites for hydroxylation is 1. The van der Waals surface area contributed by atoms with Crippen LogP contribution in [-0.4, -0.2) is 9.55 Å². The smallest absolute Gasteiger partial charge is 0.108 e. The maximum absolute atomic E-state index is 4.28. The molecule has 1 aromatic heterocycles. The Bertz CT molecular complexity index is 242. The van der Waals surface area contributed by atoms with Crippen molar-refractivity contribution in [3.63, 3.8) is 0 Å². The first kappa shape index (κ1) is 6.28. The van der Waals surface area contributed by atoms with Crippen molar-refractivity contribution in [3.8, 4) is 0 Å². The molecule has 0 saturated heterocycles. The molecule has 2 heterocycles. The maximum Gasteiger partial charge on any atom is 0.108 e. The second kappa shape index (κ2) is 2.31. The summed E-state index contributed by atoms with van der Waals surface area (Å²) in [5, 5.41) is 0. The van der Waals surface area contributed by atoms with Crippen molar-refractivity contribution in [1.29, 1.82) is 0 Å². The van der Waals surface area contributed by atoms with Gasteiger partial charge in [0.15, 0.2) is 0 Å². The van der Waals surface area contributed by atoms with Gasteiger partial charge in [-0.05, 0) is 6.42 Å². The minimum Gasteiger partial charge on any atom is -0.331 e. The van der Waals surface area contributed by atoms with E-state index in [9.17, 15) is 0 Å². The largest absolute Gasteiger partial charge is 0.331 e. The Morgan fingerprint density at radius 2 is 2.60 bits per heavy atom. The van der Waals surface area contributed by atoms with Gasteiger partial charge in [0.2, 0.25) is 0 Å². The Morgan fingerprint density at radius 3 is 3.40 bits per heavy atom. The minimum atomic E-state index is 0.812. The van der Waals surface area contributed by atoms with E-state index < -0.39 is 0 Å². The van der Waals surface area contributed by atoms with Gasteiger partial charge in [-0.15, -0.1) is 0 Å². The molecule has 0 spiro atoms. The van der Waals surface area contributed by atoms with Crippen LogP contribution >= 0.6 is 12.6 Å². The Morgan fingerprint density at radius 1 is 1.70 bits per heavy atom. The third kappa shape index (κ3) is 0.770.